The van der Waals surface area contributed by atoms with Gasteiger partial charge >= 0.3 is 0 Å². The topological polar surface area (TPSA) is 60.0 Å². The summed E-state index contributed by atoms with van der Waals surface area (Å²) >= 11 is 0. The molecule has 0 aromatic heterocycles. The molecule has 0 aliphatic rings. The summed E-state index contributed by atoms with van der Waals surface area (Å²) in [6.07, 6.45) is -0.457. The molecule has 98 valence electrons. The normalized spacial score (nSPS) is 13.3. The van der Waals surface area contributed by atoms with Gasteiger partial charge in [-0.3, -0.25) is 0 Å². The van der Waals surface area contributed by atoms with Crippen molar-refractivity contribution in [3.05, 3.63) is 0 Å². The minimum absolute atomic E-state index is 0.341. The Labute approximate surface area is 98.1 Å². The molecule has 5 nitrogen and oxygen atoms in total. The molecule has 0 amide bonds. The quantitative estimate of drug-likeness (QED) is 0.495. The molecule has 0 aromatic rings. The van der Waals surface area contributed by atoms with Crippen LogP contribution < -0.4 is 5.32 Å². The second kappa shape index (κ2) is 11.3. The number of aliphatic hydroxyl groups is 1. The highest BCUT2D eigenvalue weighted by Crippen LogP contribution is 1.87. The second-order valence-electron chi connectivity index (χ2n) is 3.90. The first-order chi connectivity index (χ1) is 7.66. The molecule has 0 aromatic carbocycles. The lowest BCUT2D eigenvalue weighted by atomic mass is 10.3. The van der Waals surface area contributed by atoms with Gasteiger partial charge in [-0.15, -0.1) is 0 Å². The predicted molar refractivity (Wildman–Crippen MR) is 62.7 cm³/mol. The highest BCUT2D eigenvalue weighted by Gasteiger charge is 2.04. The van der Waals surface area contributed by atoms with E-state index in [1.165, 1.54) is 0 Å². The smallest absolute Gasteiger partial charge is 0.0897 e. The van der Waals surface area contributed by atoms with Crippen LogP contribution in [-0.4, -0.2) is 63.9 Å². The van der Waals surface area contributed by atoms with Crippen LogP contribution in [0.3, 0.4) is 0 Å². The number of rotatable bonds is 11. The predicted octanol–water partition coefficient (Wildman–Crippen LogP) is 0.0249. The van der Waals surface area contributed by atoms with Crippen molar-refractivity contribution < 1.29 is 19.3 Å². The fraction of sp³-hybridized carbons (Fsp3) is 1.00. The highest BCUT2D eigenvalue weighted by molar-refractivity contribution is 4.60. The summed E-state index contributed by atoms with van der Waals surface area (Å²) in [5, 5.41) is 12.6. The minimum atomic E-state index is -0.457. The first kappa shape index (κ1) is 15.8. The van der Waals surface area contributed by atoms with E-state index >= 15 is 0 Å². The first-order valence-corrected chi connectivity index (χ1v) is 5.72. The zero-order valence-electron chi connectivity index (χ0n) is 10.6. The number of methoxy groups -OCH3 is 1. The van der Waals surface area contributed by atoms with Gasteiger partial charge in [0.15, 0.2) is 0 Å². The van der Waals surface area contributed by atoms with Crippen LogP contribution in [0.25, 0.3) is 0 Å². The van der Waals surface area contributed by atoms with E-state index in [2.05, 4.69) is 5.32 Å². The first-order valence-electron chi connectivity index (χ1n) is 5.72. The zero-order chi connectivity index (χ0) is 12.2. The summed E-state index contributed by atoms with van der Waals surface area (Å²) < 4.78 is 15.3. The molecule has 16 heavy (non-hydrogen) atoms. The van der Waals surface area contributed by atoms with Gasteiger partial charge in [-0.25, -0.2) is 0 Å². The van der Waals surface area contributed by atoms with Crippen molar-refractivity contribution in [2.24, 2.45) is 0 Å². The van der Waals surface area contributed by atoms with Crippen LogP contribution in [0.15, 0.2) is 0 Å². The second-order valence-corrected chi connectivity index (χ2v) is 3.90. The number of hydrogen-bond acceptors (Lipinski definition) is 5. The number of hydrogen-bond donors (Lipinski definition) is 2. The summed E-state index contributed by atoms with van der Waals surface area (Å²) in [7, 11) is 1.64. The van der Waals surface area contributed by atoms with Crippen LogP contribution in [0.1, 0.15) is 13.8 Å². The summed E-state index contributed by atoms with van der Waals surface area (Å²) in [6, 6.07) is 0.382. The third-order valence-corrected chi connectivity index (χ3v) is 1.88. The van der Waals surface area contributed by atoms with E-state index in [0.29, 0.717) is 45.6 Å². The fourth-order valence-electron chi connectivity index (χ4n) is 1.01. The van der Waals surface area contributed by atoms with Gasteiger partial charge in [0.05, 0.1) is 39.1 Å². The van der Waals surface area contributed by atoms with E-state index in [-0.39, 0.29) is 0 Å². The molecule has 0 saturated heterocycles. The minimum Gasteiger partial charge on any atom is -0.389 e. The maximum atomic E-state index is 9.49. The molecule has 1 unspecified atom stereocenters. The van der Waals surface area contributed by atoms with E-state index in [9.17, 15) is 5.11 Å². The molecule has 1 atom stereocenters. The lowest BCUT2D eigenvalue weighted by Gasteiger charge is -2.14. The molecule has 0 radical (unpaired) electrons. The lowest BCUT2D eigenvalue weighted by molar-refractivity contribution is -0.00520. The summed E-state index contributed by atoms with van der Waals surface area (Å²) in [4.78, 5) is 0. The van der Waals surface area contributed by atoms with Crippen LogP contribution in [0.2, 0.25) is 0 Å². The van der Waals surface area contributed by atoms with Gasteiger partial charge in [0.2, 0.25) is 0 Å². The Morgan fingerprint density at radius 2 is 1.69 bits per heavy atom. The van der Waals surface area contributed by atoms with Gasteiger partial charge in [0.1, 0.15) is 0 Å². The zero-order valence-corrected chi connectivity index (χ0v) is 10.6. The van der Waals surface area contributed by atoms with Crippen LogP contribution in [0.5, 0.6) is 0 Å². The van der Waals surface area contributed by atoms with Gasteiger partial charge in [-0.05, 0) is 0 Å². The Balaban J connectivity index is 3.12. The number of aliphatic hydroxyl groups excluding tert-OH is 1. The number of ether oxygens (including phenoxy) is 3. The average Bonchev–Trinajstić information content (AvgIpc) is 2.25. The molecule has 0 aliphatic carbocycles. The van der Waals surface area contributed by atoms with Crippen molar-refractivity contribution in [1.82, 2.24) is 5.32 Å². The van der Waals surface area contributed by atoms with Crippen molar-refractivity contribution in [3.63, 3.8) is 0 Å². The van der Waals surface area contributed by atoms with Gasteiger partial charge in [-0.1, -0.05) is 13.8 Å². The van der Waals surface area contributed by atoms with Crippen molar-refractivity contribution in [1.29, 1.82) is 0 Å². The maximum absolute atomic E-state index is 9.49. The van der Waals surface area contributed by atoms with E-state index < -0.39 is 6.10 Å². The highest BCUT2D eigenvalue weighted by atomic mass is 16.5. The third-order valence-electron chi connectivity index (χ3n) is 1.88. The molecule has 0 saturated carbocycles. The van der Waals surface area contributed by atoms with Crippen LogP contribution in [0.4, 0.5) is 0 Å². The largest absolute Gasteiger partial charge is 0.389 e. The molecular weight excluding hydrogens is 210 g/mol. The Morgan fingerprint density at radius 1 is 1.06 bits per heavy atom. The molecule has 0 fully saturated rings. The van der Waals surface area contributed by atoms with E-state index in [0.717, 1.165) is 0 Å². The molecular formula is C11H25NO4. The SMILES string of the molecule is COCCOCCOCC(O)CNC(C)C. The summed E-state index contributed by atoms with van der Waals surface area (Å²) in [6.45, 7) is 7.19. The third kappa shape index (κ3) is 11.9. The molecule has 0 heterocycles. The van der Waals surface area contributed by atoms with Crippen molar-refractivity contribution >= 4 is 0 Å². The lowest BCUT2D eigenvalue weighted by Crippen LogP contribution is -2.34. The maximum Gasteiger partial charge on any atom is 0.0897 e. The van der Waals surface area contributed by atoms with Gasteiger partial charge in [0, 0.05) is 19.7 Å². The fourth-order valence-corrected chi connectivity index (χ4v) is 1.01. The Hall–Kier alpha value is -0.200. The van der Waals surface area contributed by atoms with E-state index in [1.54, 1.807) is 7.11 Å². The monoisotopic (exact) mass is 235 g/mol. The van der Waals surface area contributed by atoms with Crippen LogP contribution >= 0.6 is 0 Å². The molecule has 0 rings (SSSR count). The summed E-state index contributed by atoms with van der Waals surface area (Å²) in [5.41, 5.74) is 0. The molecule has 0 spiro atoms. The Morgan fingerprint density at radius 3 is 2.31 bits per heavy atom. The van der Waals surface area contributed by atoms with Crippen molar-refractivity contribution in [3.8, 4) is 0 Å². The van der Waals surface area contributed by atoms with E-state index in [1.807, 2.05) is 13.8 Å². The van der Waals surface area contributed by atoms with Gasteiger partial charge in [-0.2, -0.15) is 0 Å². The van der Waals surface area contributed by atoms with Crippen LogP contribution in [-0.2, 0) is 14.2 Å². The Bertz CT molecular complexity index is 144. The molecule has 5 heteroatoms. The number of nitrogens with one attached hydrogen (secondary N) is 1. The van der Waals surface area contributed by atoms with Gasteiger partial charge in [0.25, 0.3) is 0 Å². The average molecular weight is 235 g/mol. The van der Waals surface area contributed by atoms with Crippen molar-refractivity contribution in [2.45, 2.75) is 26.0 Å². The summed E-state index contributed by atoms with van der Waals surface area (Å²) in [5.74, 6) is 0. The van der Waals surface area contributed by atoms with Crippen molar-refractivity contribution in [2.75, 3.05) is 46.7 Å². The van der Waals surface area contributed by atoms with E-state index in [4.69, 9.17) is 14.2 Å². The molecule has 0 aliphatic heterocycles. The standard InChI is InChI=1S/C11H25NO4/c1-10(2)12-8-11(13)9-16-7-6-15-5-4-14-3/h10-13H,4-9H2,1-3H3. The molecule has 2 N–H and O–H groups in total. The van der Waals surface area contributed by atoms with Gasteiger partial charge < -0.3 is 24.6 Å². The Kier molecular flexibility index (Phi) is 11.1. The van der Waals surface area contributed by atoms with Crippen LogP contribution in [0, 0.1) is 0 Å². The molecule has 0 bridgehead atoms.